The van der Waals surface area contributed by atoms with E-state index < -0.39 is 0 Å². The molecule has 0 spiro atoms. The molecule has 0 saturated carbocycles. The number of halogens is 1. The predicted octanol–water partition coefficient (Wildman–Crippen LogP) is 3.93. The number of methoxy groups -OCH3 is 2. The van der Waals surface area contributed by atoms with Gasteiger partial charge in [0.1, 0.15) is 17.3 Å². The first kappa shape index (κ1) is 19.2. The lowest BCUT2D eigenvalue weighted by molar-refractivity contribution is -0.117. The molecule has 1 heterocycles. The average molecular weight is 372 g/mol. The highest BCUT2D eigenvalue weighted by Gasteiger charge is 2.30. The Hall–Kier alpha value is -2.60. The van der Waals surface area contributed by atoms with Crippen molar-refractivity contribution >= 4 is 11.6 Å². The summed E-state index contributed by atoms with van der Waals surface area (Å²) in [7, 11) is 3.27. The lowest BCUT2D eigenvalue weighted by atomic mass is 10.0. The molecule has 1 aliphatic rings. The Morgan fingerprint density at radius 3 is 2.74 bits per heavy atom. The van der Waals surface area contributed by atoms with Crippen LogP contribution in [0.5, 0.6) is 11.5 Å². The third-order valence-electron chi connectivity index (χ3n) is 4.96. The number of hydrogen-bond acceptors (Lipinski definition) is 4. The number of ether oxygens (including phenoxy) is 2. The largest absolute Gasteiger partial charge is 0.497 e. The van der Waals surface area contributed by atoms with Crippen LogP contribution in [-0.2, 0) is 4.79 Å². The van der Waals surface area contributed by atoms with E-state index in [1.807, 2.05) is 18.2 Å². The van der Waals surface area contributed by atoms with Gasteiger partial charge in [0.2, 0.25) is 5.91 Å². The molecule has 3 rings (SSSR count). The SMILES string of the molecule is COc1ccc(OC)c([C@H]2CCCN2CC(=O)Nc2ccc(C)c(F)c2)c1. The van der Waals surface area contributed by atoms with E-state index in [4.69, 9.17) is 9.47 Å². The van der Waals surface area contributed by atoms with Gasteiger partial charge in [0.15, 0.2) is 0 Å². The Morgan fingerprint density at radius 2 is 2.04 bits per heavy atom. The summed E-state index contributed by atoms with van der Waals surface area (Å²) in [6, 6.07) is 10.5. The number of hydrogen-bond donors (Lipinski definition) is 1. The van der Waals surface area contributed by atoms with E-state index in [1.54, 1.807) is 33.3 Å². The Kier molecular flexibility index (Phi) is 5.96. The zero-order valence-corrected chi connectivity index (χ0v) is 15.9. The highest BCUT2D eigenvalue weighted by molar-refractivity contribution is 5.92. The summed E-state index contributed by atoms with van der Waals surface area (Å²) >= 11 is 0. The summed E-state index contributed by atoms with van der Waals surface area (Å²) in [5, 5.41) is 2.78. The fraction of sp³-hybridized carbons (Fsp3) is 0.381. The number of benzene rings is 2. The summed E-state index contributed by atoms with van der Waals surface area (Å²) in [6.07, 6.45) is 1.94. The highest BCUT2D eigenvalue weighted by Crippen LogP contribution is 2.38. The van der Waals surface area contributed by atoms with Gasteiger partial charge in [-0.3, -0.25) is 9.69 Å². The van der Waals surface area contributed by atoms with E-state index in [2.05, 4.69) is 10.2 Å². The van der Waals surface area contributed by atoms with Crippen LogP contribution in [0.25, 0.3) is 0 Å². The number of amides is 1. The fourth-order valence-corrected chi connectivity index (χ4v) is 3.52. The van der Waals surface area contributed by atoms with Crippen molar-refractivity contribution in [3.8, 4) is 11.5 Å². The Labute approximate surface area is 159 Å². The molecular weight excluding hydrogens is 347 g/mol. The molecular formula is C21H25FN2O3. The molecule has 6 heteroatoms. The van der Waals surface area contributed by atoms with E-state index in [-0.39, 0.29) is 24.3 Å². The molecule has 1 amide bonds. The van der Waals surface area contributed by atoms with Crippen LogP contribution in [0.3, 0.4) is 0 Å². The normalized spacial score (nSPS) is 17.0. The minimum atomic E-state index is -0.326. The van der Waals surface area contributed by atoms with Crippen LogP contribution >= 0.6 is 0 Å². The second kappa shape index (κ2) is 8.39. The summed E-state index contributed by atoms with van der Waals surface area (Å²) in [5.41, 5.74) is 2.04. The van der Waals surface area contributed by atoms with Crippen molar-refractivity contribution in [2.45, 2.75) is 25.8 Å². The fourth-order valence-electron chi connectivity index (χ4n) is 3.52. The lowest BCUT2D eigenvalue weighted by Crippen LogP contribution is -2.33. The molecule has 1 saturated heterocycles. The van der Waals surface area contributed by atoms with Crippen molar-refractivity contribution < 1.29 is 18.7 Å². The summed E-state index contributed by atoms with van der Waals surface area (Å²) < 4.78 is 24.5. The smallest absolute Gasteiger partial charge is 0.238 e. The second-order valence-corrected chi connectivity index (χ2v) is 6.75. The number of nitrogens with zero attached hydrogens (tertiary/aromatic N) is 1. The monoisotopic (exact) mass is 372 g/mol. The minimum Gasteiger partial charge on any atom is -0.497 e. The van der Waals surface area contributed by atoms with Gasteiger partial charge in [-0.2, -0.15) is 0 Å². The zero-order chi connectivity index (χ0) is 19.4. The first-order chi connectivity index (χ1) is 13.0. The number of likely N-dealkylation sites (tertiary alicyclic amines) is 1. The van der Waals surface area contributed by atoms with Crippen LogP contribution in [0.4, 0.5) is 10.1 Å². The Bertz CT molecular complexity index is 825. The molecule has 0 bridgehead atoms. The molecule has 2 aromatic carbocycles. The van der Waals surface area contributed by atoms with Crippen molar-refractivity contribution in [2.75, 3.05) is 32.6 Å². The van der Waals surface area contributed by atoms with E-state index in [1.165, 1.54) is 6.07 Å². The van der Waals surface area contributed by atoms with Crippen molar-refractivity contribution in [2.24, 2.45) is 0 Å². The molecule has 1 fully saturated rings. The lowest BCUT2D eigenvalue weighted by Gasteiger charge is -2.26. The Morgan fingerprint density at radius 1 is 1.22 bits per heavy atom. The maximum absolute atomic E-state index is 13.7. The van der Waals surface area contributed by atoms with Crippen molar-refractivity contribution in [1.29, 1.82) is 0 Å². The van der Waals surface area contributed by atoms with E-state index >= 15 is 0 Å². The van der Waals surface area contributed by atoms with E-state index in [0.29, 0.717) is 11.3 Å². The molecule has 0 aliphatic carbocycles. The van der Waals surface area contributed by atoms with Gasteiger partial charge < -0.3 is 14.8 Å². The summed E-state index contributed by atoms with van der Waals surface area (Å²) in [6.45, 7) is 2.75. The zero-order valence-electron chi connectivity index (χ0n) is 15.9. The first-order valence-corrected chi connectivity index (χ1v) is 9.04. The van der Waals surface area contributed by atoms with Gasteiger partial charge in [-0.05, 0) is 62.2 Å². The number of aryl methyl sites for hydroxylation is 1. The van der Waals surface area contributed by atoms with Gasteiger partial charge in [-0.1, -0.05) is 6.07 Å². The topological polar surface area (TPSA) is 50.8 Å². The van der Waals surface area contributed by atoms with Crippen LogP contribution < -0.4 is 14.8 Å². The van der Waals surface area contributed by atoms with Gasteiger partial charge in [0, 0.05) is 17.3 Å². The molecule has 144 valence electrons. The van der Waals surface area contributed by atoms with E-state index in [9.17, 15) is 9.18 Å². The molecule has 0 aromatic heterocycles. The van der Waals surface area contributed by atoms with Crippen LogP contribution in [0.1, 0.15) is 30.0 Å². The number of anilines is 1. The summed E-state index contributed by atoms with van der Waals surface area (Å²) in [4.78, 5) is 14.6. The highest BCUT2D eigenvalue weighted by atomic mass is 19.1. The number of carbonyl (C=O) groups is 1. The number of nitrogens with one attached hydrogen (secondary N) is 1. The van der Waals surface area contributed by atoms with Gasteiger partial charge in [-0.15, -0.1) is 0 Å². The number of rotatable bonds is 6. The quantitative estimate of drug-likeness (QED) is 0.835. The van der Waals surface area contributed by atoms with Gasteiger partial charge >= 0.3 is 0 Å². The standard InChI is InChI=1S/C21H25FN2O3/c1-14-6-7-15(11-18(14)22)23-21(25)13-24-10-4-5-19(24)17-12-16(26-2)8-9-20(17)27-3/h6-9,11-12,19H,4-5,10,13H2,1-3H3,(H,23,25)/t19-/m1/s1. The molecule has 27 heavy (non-hydrogen) atoms. The maximum atomic E-state index is 13.7. The van der Waals surface area contributed by atoms with Crippen molar-refractivity contribution in [3.63, 3.8) is 0 Å². The van der Waals surface area contributed by atoms with Gasteiger partial charge in [0.05, 0.1) is 20.8 Å². The maximum Gasteiger partial charge on any atom is 0.238 e. The summed E-state index contributed by atoms with van der Waals surface area (Å²) in [5.74, 6) is 1.06. The van der Waals surface area contributed by atoms with Gasteiger partial charge in [-0.25, -0.2) is 4.39 Å². The molecule has 1 aliphatic heterocycles. The van der Waals surface area contributed by atoms with Crippen molar-refractivity contribution in [1.82, 2.24) is 4.90 Å². The van der Waals surface area contributed by atoms with E-state index in [0.717, 1.165) is 36.4 Å². The third kappa shape index (κ3) is 4.39. The third-order valence-corrected chi connectivity index (χ3v) is 4.96. The molecule has 1 atom stereocenters. The Balaban J connectivity index is 1.73. The van der Waals surface area contributed by atoms with Crippen LogP contribution in [-0.4, -0.2) is 38.1 Å². The number of carbonyl (C=O) groups excluding carboxylic acids is 1. The molecule has 1 N–H and O–H groups in total. The van der Waals surface area contributed by atoms with Gasteiger partial charge in [0.25, 0.3) is 0 Å². The predicted molar refractivity (Wildman–Crippen MR) is 103 cm³/mol. The molecule has 0 unspecified atom stereocenters. The van der Waals surface area contributed by atoms with Crippen LogP contribution in [0.2, 0.25) is 0 Å². The van der Waals surface area contributed by atoms with Crippen molar-refractivity contribution in [3.05, 3.63) is 53.3 Å². The average Bonchev–Trinajstić information content (AvgIpc) is 3.11. The molecule has 5 nitrogen and oxygen atoms in total. The first-order valence-electron chi connectivity index (χ1n) is 9.04. The van der Waals surface area contributed by atoms with Crippen LogP contribution in [0, 0.1) is 12.7 Å². The molecule has 2 aromatic rings. The second-order valence-electron chi connectivity index (χ2n) is 6.75. The minimum absolute atomic E-state index is 0.0792. The molecule has 0 radical (unpaired) electrons. The van der Waals surface area contributed by atoms with Crippen LogP contribution in [0.15, 0.2) is 36.4 Å².